The van der Waals surface area contributed by atoms with Gasteiger partial charge in [0.1, 0.15) is 0 Å². The molecule has 0 aromatic heterocycles. The zero-order chi connectivity index (χ0) is 9.66. The van der Waals surface area contributed by atoms with Gasteiger partial charge in [-0.25, -0.2) is 0 Å². The van der Waals surface area contributed by atoms with Crippen LogP contribution in [-0.2, 0) is 0 Å². The summed E-state index contributed by atoms with van der Waals surface area (Å²) < 4.78 is 0. The van der Waals surface area contributed by atoms with Crippen LogP contribution in [0.3, 0.4) is 0 Å². The summed E-state index contributed by atoms with van der Waals surface area (Å²) in [5.41, 5.74) is 0. The molecule has 72 valence electrons. The monoisotopic (exact) mass is 168 g/mol. The maximum atomic E-state index is 2.18. The van der Waals surface area contributed by atoms with Gasteiger partial charge in [-0.1, -0.05) is 52.0 Å². The lowest BCUT2D eigenvalue weighted by atomic mass is 10.4. The third kappa shape index (κ3) is 22.7. The molecule has 0 aromatic rings. The molecule has 0 radical (unpaired) electrons. The Morgan fingerprint density at radius 2 is 0.667 bits per heavy atom. The molecule has 0 heterocycles. The maximum absolute atomic E-state index is 2.18. The smallest absolute Gasteiger partial charge is 0.0379 e. The van der Waals surface area contributed by atoms with Crippen LogP contribution in [0.4, 0.5) is 0 Å². The van der Waals surface area contributed by atoms with Crippen molar-refractivity contribution < 1.29 is 0 Å². The second kappa shape index (κ2) is 16.8. The Morgan fingerprint density at radius 1 is 0.500 bits per heavy atom. The van der Waals surface area contributed by atoms with Crippen LogP contribution < -0.4 is 0 Å². The fourth-order valence-corrected chi connectivity index (χ4v) is 0.667. The van der Waals surface area contributed by atoms with Crippen LogP contribution in [0, 0.1) is 0 Å². The number of hydrogen-bond donors (Lipinski definition) is 0. The lowest BCUT2D eigenvalue weighted by Gasteiger charge is -1.72. The van der Waals surface area contributed by atoms with Crippen molar-refractivity contribution in [2.75, 3.05) is 0 Å². The average molecular weight is 168 g/mol. The lowest BCUT2D eigenvalue weighted by Crippen LogP contribution is -1.51. The molecule has 0 bridgehead atoms. The van der Waals surface area contributed by atoms with E-state index >= 15 is 0 Å². The number of allylic oxidation sites excluding steroid dienone is 4. The highest BCUT2D eigenvalue weighted by molar-refractivity contribution is 4.78. The van der Waals surface area contributed by atoms with Crippen LogP contribution >= 0.6 is 0 Å². The third-order valence-corrected chi connectivity index (χ3v) is 1.28. The maximum Gasteiger partial charge on any atom is -0.0379 e. The predicted octanol–water partition coefficient (Wildman–Crippen LogP) is 4.73. The quantitative estimate of drug-likeness (QED) is 0.532. The Kier molecular flexibility index (Phi) is 19.7. The van der Waals surface area contributed by atoms with Crippen molar-refractivity contribution in [3.05, 3.63) is 24.3 Å². The Bertz CT molecular complexity index is 72.6. The van der Waals surface area contributed by atoms with Gasteiger partial charge in [0, 0.05) is 0 Å². The summed E-state index contributed by atoms with van der Waals surface area (Å²) in [6.45, 7) is 8.58. The normalized spacial score (nSPS) is 10.3. The van der Waals surface area contributed by atoms with Crippen molar-refractivity contribution in [1.82, 2.24) is 0 Å². The molecule has 0 N–H and O–H groups in total. The Labute approximate surface area is 78.4 Å². The van der Waals surface area contributed by atoms with Crippen LogP contribution in [0.5, 0.6) is 0 Å². The second-order valence-electron chi connectivity index (χ2n) is 2.58. The van der Waals surface area contributed by atoms with Crippen molar-refractivity contribution in [3.8, 4) is 0 Å². The summed E-state index contributed by atoms with van der Waals surface area (Å²) in [4.78, 5) is 0. The lowest BCUT2D eigenvalue weighted by molar-refractivity contribution is 1.16. The molecule has 0 nitrogen and oxygen atoms in total. The van der Waals surface area contributed by atoms with Gasteiger partial charge in [0.05, 0.1) is 0 Å². The minimum Gasteiger partial charge on any atom is -0.0888 e. The molecule has 0 aliphatic rings. The van der Waals surface area contributed by atoms with Crippen LogP contribution in [-0.4, -0.2) is 0 Å². The van der Waals surface area contributed by atoms with E-state index in [1.807, 2.05) is 0 Å². The largest absolute Gasteiger partial charge is 0.0888 e. The Balaban J connectivity index is 0. The summed E-state index contributed by atoms with van der Waals surface area (Å²) in [7, 11) is 0. The van der Waals surface area contributed by atoms with Crippen LogP contribution in [0.25, 0.3) is 0 Å². The van der Waals surface area contributed by atoms with E-state index in [4.69, 9.17) is 0 Å². The minimum absolute atomic E-state index is 1.17. The van der Waals surface area contributed by atoms with Crippen LogP contribution in [0.2, 0.25) is 0 Å². The summed E-state index contributed by atoms with van der Waals surface area (Å²) >= 11 is 0. The molecule has 0 aromatic carbocycles. The minimum atomic E-state index is 1.17. The average Bonchev–Trinajstić information content (AvgIpc) is 2.12. The van der Waals surface area contributed by atoms with Crippen LogP contribution in [0.15, 0.2) is 24.3 Å². The van der Waals surface area contributed by atoms with Gasteiger partial charge in [-0.05, 0) is 25.7 Å². The SMILES string of the molecule is CC/C=C/CC.CC/C=C/CC. The first-order valence-electron chi connectivity index (χ1n) is 5.13. The number of hydrogen-bond acceptors (Lipinski definition) is 0. The van der Waals surface area contributed by atoms with E-state index in [-0.39, 0.29) is 0 Å². The molecular weight excluding hydrogens is 144 g/mol. The summed E-state index contributed by atoms with van der Waals surface area (Å²) in [5, 5.41) is 0. The number of rotatable bonds is 4. The topological polar surface area (TPSA) is 0 Å². The molecule has 0 saturated heterocycles. The molecule has 0 rings (SSSR count). The van der Waals surface area contributed by atoms with Crippen molar-refractivity contribution in [3.63, 3.8) is 0 Å². The second-order valence-corrected chi connectivity index (χ2v) is 2.58. The van der Waals surface area contributed by atoms with Gasteiger partial charge in [-0.15, -0.1) is 0 Å². The van der Waals surface area contributed by atoms with E-state index in [2.05, 4.69) is 52.0 Å². The molecular formula is C12H24. The van der Waals surface area contributed by atoms with E-state index in [0.29, 0.717) is 0 Å². The van der Waals surface area contributed by atoms with Crippen LogP contribution in [0.1, 0.15) is 53.4 Å². The fourth-order valence-electron chi connectivity index (χ4n) is 0.667. The highest BCUT2D eigenvalue weighted by Gasteiger charge is 1.60. The molecule has 0 spiro atoms. The molecule has 0 fully saturated rings. The Hall–Kier alpha value is -0.520. The summed E-state index contributed by atoms with van der Waals surface area (Å²) in [5.74, 6) is 0. The van der Waals surface area contributed by atoms with Gasteiger partial charge in [0.25, 0.3) is 0 Å². The molecule has 0 aliphatic heterocycles. The first kappa shape index (κ1) is 14.0. The van der Waals surface area contributed by atoms with Gasteiger partial charge in [0.15, 0.2) is 0 Å². The van der Waals surface area contributed by atoms with Crippen molar-refractivity contribution >= 4 is 0 Å². The first-order chi connectivity index (χ1) is 5.83. The van der Waals surface area contributed by atoms with Crippen molar-refractivity contribution in [2.24, 2.45) is 0 Å². The third-order valence-electron chi connectivity index (χ3n) is 1.28. The predicted molar refractivity (Wildman–Crippen MR) is 59.4 cm³/mol. The van der Waals surface area contributed by atoms with Gasteiger partial charge in [0.2, 0.25) is 0 Å². The molecule has 0 saturated carbocycles. The van der Waals surface area contributed by atoms with Crippen molar-refractivity contribution in [2.45, 2.75) is 53.4 Å². The highest BCUT2D eigenvalue weighted by Crippen LogP contribution is 1.81. The Morgan fingerprint density at radius 3 is 0.750 bits per heavy atom. The van der Waals surface area contributed by atoms with Gasteiger partial charge in [-0.3, -0.25) is 0 Å². The highest BCUT2D eigenvalue weighted by atomic mass is 13.7. The molecule has 0 amide bonds. The van der Waals surface area contributed by atoms with E-state index in [0.717, 1.165) is 0 Å². The van der Waals surface area contributed by atoms with E-state index in [1.165, 1.54) is 25.7 Å². The molecule has 12 heavy (non-hydrogen) atoms. The standard InChI is InChI=1S/2C6H12/c2*1-3-5-6-4-2/h2*5-6H,3-4H2,1-2H3/b2*6-5+. The first-order valence-corrected chi connectivity index (χ1v) is 5.13. The fraction of sp³-hybridized carbons (Fsp3) is 0.667. The summed E-state index contributed by atoms with van der Waals surface area (Å²) in [6, 6.07) is 0. The molecule has 0 heteroatoms. The zero-order valence-electron chi connectivity index (χ0n) is 9.14. The van der Waals surface area contributed by atoms with E-state index < -0.39 is 0 Å². The summed E-state index contributed by atoms with van der Waals surface area (Å²) in [6.07, 6.45) is 13.4. The molecule has 0 unspecified atom stereocenters. The van der Waals surface area contributed by atoms with Gasteiger partial charge < -0.3 is 0 Å². The van der Waals surface area contributed by atoms with Gasteiger partial charge >= 0.3 is 0 Å². The van der Waals surface area contributed by atoms with Gasteiger partial charge in [-0.2, -0.15) is 0 Å². The zero-order valence-corrected chi connectivity index (χ0v) is 9.14. The van der Waals surface area contributed by atoms with E-state index in [9.17, 15) is 0 Å². The molecule has 0 aliphatic carbocycles. The molecule has 0 atom stereocenters. The van der Waals surface area contributed by atoms with E-state index in [1.54, 1.807) is 0 Å². The van der Waals surface area contributed by atoms with Crippen molar-refractivity contribution in [1.29, 1.82) is 0 Å².